The van der Waals surface area contributed by atoms with Crippen LogP contribution in [-0.2, 0) is 22.4 Å². The van der Waals surface area contributed by atoms with Crippen molar-refractivity contribution in [2.75, 3.05) is 11.4 Å². The van der Waals surface area contributed by atoms with Gasteiger partial charge in [0.1, 0.15) is 5.75 Å². The van der Waals surface area contributed by atoms with Gasteiger partial charge in [0.25, 0.3) is 0 Å². The number of phenolic OH excluding ortho intramolecular Hbond substituents is 1. The number of benzene rings is 3. The molecular weight excluding hydrogens is 506 g/mol. The molecule has 2 atom stereocenters. The van der Waals surface area contributed by atoms with Crippen molar-refractivity contribution in [2.45, 2.75) is 45.2 Å². The summed E-state index contributed by atoms with van der Waals surface area (Å²) in [6.07, 6.45) is 1.71. The Morgan fingerprint density at radius 3 is 2.57 bits per heavy atom. The average molecular weight is 536 g/mol. The molecule has 0 aromatic heterocycles. The number of phenols is 1. The van der Waals surface area contributed by atoms with E-state index in [-0.39, 0.29) is 23.6 Å². The van der Waals surface area contributed by atoms with E-state index in [2.05, 4.69) is 39.4 Å². The van der Waals surface area contributed by atoms with Crippen LogP contribution in [0.25, 0.3) is 0 Å². The van der Waals surface area contributed by atoms with Crippen LogP contribution in [-0.4, -0.2) is 29.5 Å². The number of carbonyl (C=O) groups is 2. The molecule has 2 amide bonds. The summed E-state index contributed by atoms with van der Waals surface area (Å²) >= 11 is 3.68. The minimum Gasteiger partial charge on any atom is -0.508 e. The Morgan fingerprint density at radius 1 is 1.14 bits per heavy atom. The van der Waals surface area contributed by atoms with E-state index in [1.807, 2.05) is 31.2 Å². The van der Waals surface area contributed by atoms with Crippen LogP contribution in [0.4, 0.5) is 5.69 Å². The lowest BCUT2D eigenvalue weighted by Crippen LogP contribution is -2.46. The van der Waals surface area contributed by atoms with Crippen LogP contribution in [0.15, 0.2) is 65.1 Å². The minimum absolute atomic E-state index is 0.0351. The van der Waals surface area contributed by atoms with E-state index in [1.54, 1.807) is 30.0 Å². The SMILES string of the molecule is CC(=O)N1CC[C@@H](NC(=O)[C@@H](N)Cc2ccc(O)cc2C)c2cc(Cc3ccccc3)cc(Br)c21. The van der Waals surface area contributed by atoms with E-state index >= 15 is 0 Å². The first-order chi connectivity index (χ1) is 16.7. The van der Waals surface area contributed by atoms with Gasteiger partial charge >= 0.3 is 0 Å². The summed E-state index contributed by atoms with van der Waals surface area (Å²) in [4.78, 5) is 27.2. The maximum absolute atomic E-state index is 13.1. The van der Waals surface area contributed by atoms with Gasteiger partial charge in [0.15, 0.2) is 0 Å². The predicted molar refractivity (Wildman–Crippen MR) is 141 cm³/mol. The van der Waals surface area contributed by atoms with Crippen molar-refractivity contribution < 1.29 is 14.7 Å². The molecule has 0 fully saturated rings. The smallest absolute Gasteiger partial charge is 0.237 e. The fourth-order valence-electron chi connectivity index (χ4n) is 4.67. The molecule has 7 heteroatoms. The highest BCUT2D eigenvalue weighted by Crippen LogP contribution is 2.41. The second kappa shape index (κ2) is 10.6. The first-order valence-electron chi connectivity index (χ1n) is 11.7. The molecular formula is C28H30BrN3O3. The van der Waals surface area contributed by atoms with E-state index in [1.165, 1.54) is 5.56 Å². The molecule has 35 heavy (non-hydrogen) atoms. The molecule has 1 aliphatic heterocycles. The number of carbonyl (C=O) groups excluding carboxylic acids is 2. The second-order valence-electron chi connectivity index (χ2n) is 9.12. The number of aryl methyl sites for hydroxylation is 1. The number of halogens is 1. The summed E-state index contributed by atoms with van der Waals surface area (Å²) in [6.45, 7) is 3.96. The minimum atomic E-state index is -0.733. The van der Waals surface area contributed by atoms with Crippen LogP contribution < -0.4 is 16.0 Å². The molecule has 1 aliphatic rings. The number of fused-ring (bicyclic) bond motifs is 1. The van der Waals surface area contributed by atoms with E-state index in [0.29, 0.717) is 19.4 Å². The number of nitrogens with zero attached hydrogens (tertiary/aromatic N) is 1. The first-order valence-corrected chi connectivity index (χ1v) is 12.5. The predicted octanol–water partition coefficient (Wildman–Crippen LogP) is 4.54. The lowest BCUT2D eigenvalue weighted by atomic mass is 9.92. The normalized spacial score (nSPS) is 15.9. The molecule has 4 rings (SSSR count). The van der Waals surface area contributed by atoms with E-state index in [4.69, 9.17) is 5.73 Å². The van der Waals surface area contributed by atoms with Gasteiger partial charge in [-0.25, -0.2) is 0 Å². The zero-order chi connectivity index (χ0) is 25.1. The van der Waals surface area contributed by atoms with Crippen LogP contribution in [0.5, 0.6) is 5.75 Å². The lowest BCUT2D eigenvalue weighted by molar-refractivity contribution is -0.123. The Kier molecular flexibility index (Phi) is 7.57. The summed E-state index contributed by atoms with van der Waals surface area (Å²) < 4.78 is 0.832. The fourth-order valence-corrected chi connectivity index (χ4v) is 5.41. The van der Waals surface area contributed by atoms with Crippen LogP contribution in [0, 0.1) is 6.92 Å². The van der Waals surface area contributed by atoms with Gasteiger partial charge in [-0.3, -0.25) is 9.59 Å². The number of anilines is 1. The number of hydrogen-bond acceptors (Lipinski definition) is 4. The number of amides is 2. The average Bonchev–Trinajstić information content (AvgIpc) is 2.81. The van der Waals surface area contributed by atoms with Crippen LogP contribution in [0.2, 0.25) is 0 Å². The van der Waals surface area contributed by atoms with Crippen LogP contribution in [0.1, 0.15) is 47.2 Å². The van der Waals surface area contributed by atoms with E-state index in [9.17, 15) is 14.7 Å². The third-order valence-corrected chi connectivity index (χ3v) is 7.09. The van der Waals surface area contributed by atoms with Crippen molar-refractivity contribution in [1.82, 2.24) is 5.32 Å². The largest absolute Gasteiger partial charge is 0.508 e. The van der Waals surface area contributed by atoms with Crippen molar-refractivity contribution in [3.63, 3.8) is 0 Å². The highest BCUT2D eigenvalue weighted by Gasteiger charge is 2.31. The Bertz CT molecular complexity index is 1250. The van der Waals surface area contributed by atoms with Crippen LogP contribution >= 0.6 is 15.9 Å². The molecule has 3 aromatic rings. The molecule has 0 saturated carbocycles. The zero-order valence-electron chi connectivity index (χ0n) is 19.9. The van der Waals surface area contributed by atoms with Crippen molar-refractivity contribution >= 4 is 33.4 Å². The summed E-state index contributed by atoms with van der Waals surface area (Å²) in [6, 6.07) is 18.4. The van der Waals surface area contributed by atoms with Crippen molar-refractivity contribution in [2.24, 2.45) is 5.73 Å². The Hall–Kier alpha value is -3.16. The molecule has 1 heterocycles. The fraction of sp³-hybridized carbons (Fsp3) is 0.286. The molecule has 4 N–H and O–H groups in total. The molecule has 6 nitrogen and oxygen atoms in total. The maximum atomic E-state index is 13.1. The van der Waals surface area contributed by atoms with Crippen molar-refractivity contribution in [1.29, 1.82) is 0 Å². The van der Waals surface area contributed by atoms with Gasteiger partial charge in [-0.1, -0.05) is 42.5 Å². The monoisotopic (exact) mass is 535 g/mol. The highest BCUT2D eigenvalue weighted by atomic mass is 79.9. The third-order valence-electron chi connectivity index (χ3n) is 6.49. The standard InChI is InChI=1S/C28H30BrN3O3/c1-17-12-22(34)9-8-21(17)16-25(30)28(35)31-26-10-11-32(18(2)33)27-23(26)14-20(15-24(27)29)13-19-6-4-3-5-7-19/h3-9,12,14-15,25-26,34H,10-11,13,16,30H2,1-2H3,(H,31,35)/t25-,26+/m0/s1. The van der Waals surface area contributed by atoms with Crippen molar-refractivity contribution in [3.05, 3.63) is 93.0 Å². The molecule has 0 aliphatic carbocycles. The molecule has 0 saturated heterocycles. The maximum Gasteiger partial charge on any atom is 0.237 e. The molecule has 0 unspecified atom stereocenters. The molecule has 0 bridgehead atoms. The second-order valence-corrected chi connectivity index (χ2v) is 9.97. The third kappa shape index (κ3) is 5.74. The van der Waals surface area contributed by atoms with Crippen molar-refractivity contribution in [3.8, 4) is 5.75 Å². The molecule has 0 spiro atoms. The topological polar surface area (TPSA) is 95.7 Å². The van der Waals surface area contributed by atoms with Crippen LogP contribution in [0.3, 0.4) is 0 Å². The molecule has 182 valence electrons. The zero-order valence-corrected chi connectivity index (χ0v) is 21.5. The molecule has 3 aromatic carbocycles. The summed E-state index contributed by atoms with van der Waals surface area (Å²) in [5.74, 6) is -0.0867. The number of nitrogens with two attached hydrogens (primary N) is 1. The summed E-state index contributed by atoms with van der Waals surface area (Å²) in [5, 5.41) is 12.8. The quantitative estimate of drug-likeness (QED) is 0.431. The Balaban J connectivity index is 1.59. The number of nitrogens with one attached hydrogen (secondary N) is 1. The lowest BCUT2D eigenvalue weighted by Gasteiger charge is -2.36. The number of hydrogen-bond donors (Lipinski definition) is 3. The van der Waals surface area contributed by atoms with Gasteiger partial charge in [-0.15, -0.1) is 0 Å². The first kappa shape index (κ1) is 24.9. The van der Waals surface area contributed by atoms with E-state index in [0.717, 1.165) is 38.8 Å². The summed E-state index contributed by atoms with van der Waals surface area (Å²) in [5.41, 5.74) is 12.1. The number of aromatic hydroxyl groups is 1. The van der Waals surface area contributed by atoms with Gasteiger partial charge in [0.05, 0.1) is 17.8 Å². The summed E-state index contributed by atoms with van der Waals surface area (Å²) in [7, 11) is 0. The van der Waals surface area contributed by atoms with Gasteiger partial charge in [0.2, 0.25) is 11.8 Å². The van der Waals surface area contributed by atoms with Gasteiger partial charge in [-0.05, 0) is 88.1 Å². The van der Waals surface area contributed by atoms with Gasteiger partial charge in [-0.2, -0.15) is 0 Å². The van der Waals surface area contributed by atoms with Gasteiger partial charge < -0.3 is 21.1 Å². The Labute approximate surface area is 214 Å². The number of rotatable bonds is 6. The highest BCUT2D eigenvalue weighted by molar-refractivity contribution is 9.10. The van der Waals surface area contributed by atoms with Gasteiger partial charge in [0, 0.05) is 17.9 Å². The Morgan fingerprint density at radius 2 is 1.89 bits per heavy atom. The molecule has 0 radical (unpaired) electrons. The van der Waals surface area contributed by atoms with E-state index < -0.39 is 6.04 Å².